The van der Waals surface area contributed by atoms with Gasteiger partial charge in [0.05, 0.1) is 12.2 Å². The summed E-state index contributed by atoms with van der Waals surface area (Å²) in [5.74, 6) is 1.76. The van der Waals surface area contributed by atoms with Crippen LogP contribution in [0.2, 0.25) is 0 Å². The molecule has 1 aromatic heterocycles. The Bertz CT molecular complexity index is 436. The number of aromatic nitrogens is 1. The minimum Gasteiger partial charge on any atom is -0.444 e. The van der Waals surface area contributed by atoms with E-state index >= 15 is 0 Å². The van der Waals surface area contributed by atoms with Crippen molar-refractivity contribution in [3.05, 3.63) is 17.8 Å². The Kier molecular flexibility index (Phi) is 3.39. The molecule has 1 spiro atoms. The summed E-state index contributed by atoms with van der Waals surface area (Å²) >= 11 is 0. The molecule has 2 fully saturated rings. The molecule has 2 atom stereocenters. The van der Waals surface area contributed by atoms with Crippen molar-refractivity contribution in [3.8, 4) is 0 Å². The van der Waals surface area contributed by atoms with Crippen LogP contribution in [0.4, 0.5) is 0 Å². The molecule has 4 heteroatoms. The number of nitrogens with one attached hydrogen (secondary N) is 1. The van der Waals surface area contributed by atoms with Gasteiger partial charge in [0, 0.05) is 24.7 Å². The van der Waals surface area contributed by atoms with E-state index in [-0.39, 0.29) is 6.04 Å². The zero-order valence-corrected chi connectivity index (χ0v) is 12.3. The van der Waals surface area contributed by atoms with Crippen molar-refractivity contribution in [2.75, 3.05) is 13.1 Å². The molecule has 2 heterocycles. The van der Waals surface area contributed by atoms with E-state index in [1.165, 1.54) is 25.7 Å². The molecule has 0 bridgehead atoms. The maximum Gasteiger partial charge on any atom is 0.211 e. The third kappa shape index (κ3) is 2.43. The summed E-state index contributed by atoms with van der Waals surface area (Å²) in [7, 11) is 0. The molecule has 1 saturated heterocycles. The van der Waals surface area contributed by atoms with E-state index < -0.39 is 0 Å². The highest BCUT2D eigenvalue weighted by atomic mass is 16.4. The molecule has 3 rings (SSSR count). The predicted octanol–water partition coefficient (Wildman–Crippen LogP) is 2.65. The summed E-state index contributed by atoms with van der Waals surface area (Å²) in [5, 5.41) is 3.79. The fraction of sp³-hybridized carbons (Fsp3) is 0.800. The van der Waals surface area contributed by atoms with Crippen LogP contribution in [0.5, 0.6) is 0 Å². The SMILES string of the molecule is Cc1cnc(C(C)N2CC3(CCCC3)NCC2C)o1. The molecule has 1 aliphatic carbocycles. The van der Waals surface area contributed by atoms with Gasteiger partial charge in [0.1, 0.15) is 5.76 Å². The van der Waals surface area contributed by atoms with E-state index in [1.807, 2.05) is 13.1 Å². The van der Waals surface area contributed by atoms with Gasteiger partial charge in [0.25, 0.3) is 0 Å². The molecule has 0 radical (unpaired) electrons. The first-order valence-electron chi connectivity index (χ1n) is 7.53. The van der Waals surface area contributed by atoms with E-state index in [0.717, 1.165) is 24.7 Å². The number of hydrogen-bond acceptors (Lipinski definition) is 4. The van der Waals surface area contributed by atoms with Crippen molar-refractivity contribution >= 4 is 0 Å². The van der Waals surface area contributed by atoms with Gasteiger partial charge in [-0.3, -0.25) is 4.90 Å². The Morgan fingerprint density at radius 2 is 2.21 bits per heavy atom. The molecule has 0 aromatic carbocycles. The summed E-state index contributed by atoms with van der Waals surface area (Å²) in [4.78, 5) is 6.97. The Morgan fingerprint density at radius 3 is 2.84 bits per heavy atom. The van der Waals surface area contributed by atoms with Crippen LogP contribution in [-0.2, 0) is 0 Å². The van der Waals surface area contributed by atoms with Crippen molar-refractivity contribution in [2.24, 2.45) is 0 Å². The van der Waals surface area contributed by atoms with Gasteiger partial charge in [-0.2, -0.15) is 0 Å². The standard InChI is InChI=1S/C15H25N3O/c1-11-8-17-15(6-4-5-7-15)10-18(11)13(3)14-16-9-12(2)19-14/h9,11,13,17H,4-8,10H2,1-3H3. The summed E-state index contributed by atoms with van der Waals surface area (Å²) < 4.78 is 5.72. The molecule has 0 amide bonds. The number of piperazine rings is 1. The van der Waals surface area contributed by atoms with Crippen molar-refractivity contribution in [1.29, 1.82) is 0 Å². The zero-order chi connectivity index (χ0) is 13.5. The van der Waals surface area contributed by atoms with E-state index in [4.69, 9.17) is 4.42 Å². The molecule has 106 valence electrons. The van der Waals surface area contributed by atoms with Crippen LogP contribution in [0.3, 0.4) is 0 Å². The molecule has 1 aliphatic heterocycles. The minimum absolute atomic E-state index is 0.267. The average Bonchev–Trinajstić information content (AvgIpc) is 3.02. The van der Waals surface area contributed by atoms with Gasteiger partial charge in [-0.1, -0.05) is 12.8 Å². The lowest BCUT2D eigenvalue weighted by Gasteiger charge is -2.47. The first-order chi connectivity index (χ1) is 9.10. The van der Waals surface area contributed by atoms with Crippen LogP contribution in [0.1, 0.15) is 57.2 Å². The number of nitrogens with zero attached hydrogens (tertiary/aromatic N) is 2. The van der Waals surface area contributed by atoms with E-state index in [0.29, 0.717) is 11.6 Å². The van der Waals surface area contributed by atoms with E-state index in [1.54, 1.807) is 0 Å². The molecule has 1 aromatic rings. The first-order valence-corrected chi connectivity index (χ1v) is 7.53. The van der Waals surface area contributed by atoms with Gasteiger partial charge in [-0.15, -0.1) is 0 Å². The van der Waals surface area contributed by atoms with Crippen LogP contribution in [0.15, 0.2) is 10.6 Å². The lowest BCUT2D eigenvalue weighted by atomic mass is 9.91. The highest BCUT2D eigenvalue weighted by Gasteiger charge is 2.42. The lowest BCUT2D eigenvalue weighted by Crippen LogP contribution is -2.62. The Hall–Kier alpha value is -0.870. The maximum atomic E-state index is 5.72. The zero-order valence-electron chi connectivity index (χ0n) is 12.3. The number of oxazole rings is 1. The normalized spacial score (nSPS) is 28.9. The fourth-order valence-electron chi connectivity index (χ4n) is 3.66. The van der Waals surface area contributed by atoms with Gasteiger partial charge in [0.15, 0.2) is 0 Å². The van der Waals surface area contributed by atoms with Gasteiger partial charge in [-0.05, 0) is 33.6 Å². The van der Waals surface area contributed by atoms with Crippen LogP contribution < -0.4 is 5.32 Å². The third-order valence-electron chi connectivity index (χ3n) is 4.88. The number of hydrogen-bond donors (Lipinski definition) is 1. The molecular weight excluding hydrogens is 238 g/mol. The minimum atomic E-state index is 0.267. The lowest BCUT2D eigenvalue weighted by molar-refractivity contribution is 0.0462. The Labute approximate surface area is 115 Å². The topological polar surface area (TPSA) is 41.3 Å². The quantitative estimate of drug-likeness (QED) is 0.890. The van der Waals surface area contributed by atoms with Gasteiger partial charge in [0.2, 0.25) is 5.89 Å². The van der Waals surface area contributed by atoms with Gasteiger partial charge >= 0.3 is 0 Å². The molecular formula is C15H25N3O. The Balaban J connectivity index is 1.77. The van der Waals surface area contributed by atoms with Gasteiger partial charge in [-0.25, -0.2) is 4.98 Å². The van der Waals surface area contributed by atoms with Crippen LogP contribution in [0, 0.1) is 6.92 Å². The average molecular weight is 263 g/mol. The molecule has 19 heavy (non-hydrogen) atoms. The first kappa shape index (κ1) is 13.1. The van der Waals surface area contributed by atoms with Crippen molar-refractivity contribution < 1.29 is 4.42 Å². The predicted molar refractivity (Wildman–Crippen MR) is 75.0 cm³/mol. The maximum absolute atomic E-state index is 5.72. The molecule has 2 aliphatic rings. The second-order valence-corrected chi connectivity index (χ2v) is 6.37. The Morgan fingerprint density at radius 1 is 1.47 bits per heavy atom. The highest BCUT2D eigenvalue weighted by molar-refractivity contribution is 5.04. The van der Waals surface area contributed by atoms with Crippen molar-refractivity contribution in [1.82, 2.24) is 15.2 Å². The smallest absolute Gasteiger partial charge is 0.211 e. The summed E-state index contributed by atoms with van der Waals surface area (Å²) in [5.41, 5.74) is 0.350. The fourth-order valence-corrected chi connectivity index (χ4v) is 3.66. The second kappa shape index (κ2) is 4.91. The summed E-state index contributed by atoms with van der Waals surface area (Å²) in [6.07, 6.45) is 7.18. The molecule has 1 saturated carbocycles. The second-order valence-electron chi connectivity index (χ2n) is 6.37. The monoisotopic (exact) mass is 263 g/mol. The van der Waals surface area contributed by atoms with Crippen molar-refractivity contribution in [3.63, 3.8) is 0 Å². The van der Waals surface area contributed by atoms with Crippen LogP contribution in [0.25, 0.3) is 0 Å². The third-order valence-corrected chi connectivity index (χ3v) is 4.88. The number of aryl methyl sites for hydroxylation is 1. The highest BCUT2D eigenvalue weighted by Crippen LogP contribution is 2.36. The van der Waals surface area contributed by atoms with Crippen LogP contribution in [-0.4, -0.2) is 34.6 Å². The van der Waals surface area contributed by atoms with E-state index in [2.05, 4.69) is 29.0 Å². The summed E-state index contributed by atoms with van der Waals surface area (Å²) in [6.45, 7) is 8.67. The van der Waals surface area contributed by atoms with Crippen LogP contribution >= 0.6 is 0 Å². The van der Waals surface area contributed by atoms with Gasteiger partial charge < -0.3 is 9.73 Å². The van der Waals surface area contributed by atoms with Crippen molar-refractivity contribution in [2.45, 2.75) is 64.1 Å². The molecule has 4 nitrogen and oxygen atoms in total. The number of rotatable bonds is 2. The molecule has 1 N–H and O–H groups in total. The largest absolute Gasteiger partial charge is 0.444 e. The van der Waals surface area contributed by atoms with E-state index in [9.17, 15) is 0 Å². The summed E-state index contributed by atoms with van der Waals surface area (Å²) in [6, 6.07) is 0.803. The molecule has 2 unspecified atom stereocenters.